The molecule has 0 saturated heterocycles. The quantitative estimate of drug-likeness (QED) is 0.673. The van der Waals surface area contributed by atoms with Gasteiger partial charge in [-0.2, -0.15) is 0 Å². The van der Waals surface area contributed by atoms with Crippen molar-refractivity contribution in [2.45, 2.75) is 0 Å². The number of hydrogen-bond donors (Lipinski definition) is 0. The molecule has 0 saturated carbocycles. The molecule has 0 spiro atoms. The predicted octanol–water partition coefficient (Wildman–Crippen LogP) is 2.35. The fourth-order valence-corrected chi connectivity index (χ4v) is 1.37. The van der Waals surface area contributed by atoms with Crippen LogP contribution < -0.4 is 4.90 Å². The van der Waals surface area contributed by atoms with E-state index in [-0.39, 0.29) is 0 Å². The maximum atomic E-state index is 5.80. The highest BCUT2D eigenvalue weighted by Gasteiger charge is 2.00. The van der Waals surface area contributed by atoms with E-state index in [4.69, 9.17) is 11.6 Å². The van der Waals surface area contributed by atoms with Crippen LogP contribution >= 0.6 is 11.6 Å². The number of anilines is 1. The average molecular weight is 208 g/mol. The highest BCUT2D eigenvalue weighted by atomic mass is 35.5. The van der Waals surface area contributed by atoms with E-state index in [0.29, 0.717) is 5.15 Å². The van der Waals surface area contributed by atoms with Crippen LogP contribution in [0.25, 0.3) is 11.0 Å². The third-order valence-corrected chi connectivity index (χ3v) is 2.22. The lowest BCUT2D eigenvalue weighted by Crippen LogP contribution is -2.08. The molecule has 0 N–H and O–H groups in total. The smallest absolute Gasteiger partial charge is 0.129 e. The Morgan fingerprint density at radius 2 is 2.00 bits per heavy atom. The van der Waals surface area contributed by atoms with Crippen molar-refractivity contribution >= 4 is 28.3 Å². The highest BCUT2D eigenvalue weighted by Crippen LogP contribution is 2.18. The van der Waals surface area contributed by atoms with Gasteiger partial charge in [0.2, 0.25) is 0 Å². The van der Waals surface area contributed by atoms with Crippen molar-refractivity contribution in [1.82, 2.24) is 9.97 Å². The van der Waals surface area contributed by atoms with E-state index in [2.05, 4.69) is 9.97 Å². The third kappa shape index (κ3) is 1.63. The summed E-state index contributed by atoms with van der Waals surface area (Å²) in [5.41, 5.74) is 2.70. The van der Waals surface area contributed by atoms with E-state index in [1.807, 2.05) is 37.3 Å². The first-order chi connectivity index (χ1) is 6.66. The molecule has 0 aromatic carbocycles. The fourth-order valence-electron chi connectivity index (χ4n) is 1.22. The van der Waals surface area contributed by atoms with Crippen molar-refractivity contribution in [3.63, 3.8) is 0 Å². The lowest BCUT2D eigenvalue weighted by Gasteiger charge is -2.11. The predicted molar refractivity (Wildman–Crippen MR) is 58.9 cm³/mol. The molecular weight excluding hydrogens is 198 g/mol. The summed E-state index contributed by atoms with van der Waals surface area (Å²) in [6.07, 6.45) is 1.82. The normalized spacial score (nSPS) is 10.5. The molecular formula is C10H10ClN3. The van der Waals surface area contributed by atoms with Gasteiger partial charge in [0, 0.05) is 14.1 Å². The van der Waals surface area contributed by atoms with Gasteiger partial charge in [-0.3, -0.25) is 4.98 Å². The third-order valence-electron chi connectivity index (χ3n) is 2.01. The van der Waals surface area contributed by atoms with Gasteiger partial charge < -0.3 is 4.90 Å². The van der Waals surface area contributed by atoms with Crippen molar-refractivity contribution in [1.29, 1.82) is 0 Å². The highest BCUT2D eigenvalue weighted by molar-refractivity contribution is 6.29. The van der Waals surface area contributed by atoms with E-state index in [1.165, 1.54) is 0 Å². The van der Waals surface area contributed by atoms with Gasteiger partial charge in [-0.25, -0.2) is 4.98 Å². The Morgan fingerprint density at radius 3 is 2.71 bits per heavy atom. The minimum Gasteiger partial charge on any atom is -0.376 e. The Bertz CT molecular complexity index is 468. The molecule has 0 amide bonds. The molecule has 2 rings (SSSR count). The summed E-state index contributed by atoms with van der Waals surface area (Å²) in [7, 11) is 3.93. The number of nitrogens with zero attached hydrogens (tertiary/aromatic N) is 3. The molecule has 2 aromatic rings. The SMILES string of the molecule is CN(C)c1cnc2ccc(Cl)nc2c1. The number of rotatable bonds is 1. The minimum absolute atomic E-state index is 0.496. The van der Waals surface area contributed by atoms with Gasteiger partial charge in [-0.1, -0.05) is 11.6 Å². The van der Waals surface area contributed by atoms with Crippen LogP contribution in [0.5, 0.6) is 0 Å². The first-order valence-electron chi connectivity index (χ1n) is 4.26. The summed E-state index contributed by atoms with van der Waals surface area (Å²) < 4.78 is 0. The Kier molecular flexibility index (Phi) is 2.25. The second-order valence-electron chi connectivity index (χ2n) is 3.26. The van der Waals surface area contributed by atoms with E-state index in [0.717, 1.165) is 16.7 Å². The van der Waals surface area contributed by atoms with Crippen molar-refractivity contribution in [2.24, 2.45) is 0 Å². The standard InChI is InChI=1S/C10H10ClN3/c1-14(2)7-5-9-8(12-6-7)3-4-10(11)13-9/h3-6H,1-2H3. The van der Waals surface area contributed by atoms with Gasteiger partial charge in [0.15, 0.2) is 0 Å². The molecule has 14 heavy (non-hydrogen) atoms. The number of fused-ring (bicyclic) bond motifs is 1. The maximum absolute atomic E-state index is 5.80. The van der Waals surface area contributed by atoms with E-state index in [9.17, 15) is 0 Å². The van der Waals surface area contributed by atoms with E-state index in [1.54, 1.807) is 6.07 Å². The molecule has 0 unspecified atom stereocenters. The molecule has 0 aliphatic carbocycles. The van der Waals surface area contributed by atoms with Crippen LogP contribution in [0.3, 0.4) is 0 Å². The van der Waals surface area contributed by atoms with Gasteiger partial charge in [0.1, 0.15) is 5.15 Å². The average Bonchev–Trinajstić information content (AvgIpc) is 2.16. The van der Waals surface area contributed by atoms with Gasteiger partial charge in [-0.15, -0.1) is 0 Å². The van der Waals surface area contributed by atoms with E-state index >= 15 is 0 Å². The number of aromatic nitrogens is 2. The van der Waals surface area contributed by atoms with E-state index < -0.39 is 0 Å². The molecule has 0 radical (unpaired) electrons. The molecule has 0 fully saturated rings. The summed E-state index contributed by atoms with van der Waals surface area (Å²) in [6, 6.07) is 5.57. The molecule has 0 atom stereocenters. The van der Waals surface area contributed by atoms with Gasteiger partial charge >= 0.3 is 0 Å². The monoisotopic (exact) mass is 207 g/mol. The van der Waals surface area contributed by atoms with Crippen LogP contribution in [0.4, 0.5) is 5.69 Å². The van der Waals surface area contributed by atoms with Gasteiger partial charge in [-0.05, 0) is 18.2 Å². The van der Waals surface area contributed by atoms with Crippen LogP contribution in [0.15, 0.2) is 24.4 Å². The van der Waals surface area contributed by atoms with Crippen LogP contribution in [0.2, 0.25) is 5.15 Å². The number of hydrogen-bond acceptors (Lipinski definition) is 3. The lowest BCUT2D eigenvalue weighted by atomic mass is 10.3. The van der Waals surface area contributed by atoms with Crippen LogP contribution in [-0.2, 0) is 0 Å². The minimum atomic E-state index is 0.496. The zero-order valence-corrected chi connectivity index (χ0v) is 8.78. The maximum Gasteiger partial charge on any atom is 0.129 e. The van der Waals surface area contributed by atoms with Crippen molar-refractivity contribution in [3.05, 3.63) is 29.5 Å². The first-order valence-corrected chi connectivity index (χ1v) is 4.64. The number of halogens is 1. The summed E-state index contributed by atoms with van der Waals surface area (Å²) in [5.74, 6) is 0. The first kappa shape index (κ1) is 9.21. The van der Waals surface area contributed by atoms with Crippen LogP contribution in [0.1, 0.15) is 0 Å². The molecule has 3 nitrogen and oxygen atoms in total. The van der Waals surface area contributed by atoms with Crippen molar-refractivity contribution < 1.29 is 0 Å². The molecule has 0 bridgehead atoms. The zero-order valence-electron chi connectivity index (χ0n) is 8.03. The van der Waals surface area contributed by atoms with Crippen LogP contribution in [0, 0.1) is 0 Å². The summed E-state index contributed by atoms with van der Waals surface area (Å²) >= 11 is 5.80. The second-order valence-corrected chi connectivity index (χ2v) is 3.65. The largest absolute Gasteiger partial charge is 0.376 e. The Hall–Kier alpha value is -1.35. The second kappa shape index (κ2) is 3.42. The van der Waals surface area contributed by atoms with Crippen molar-refractivity contribution in [2.75, 3.05) is 19.0 Å². The fraction of sp³-hybridized carbons (Fsp3) is 0.200. The summed E-state index contributed by atoms with van der Waals surface area (Å²) in [6.45, 7) is 0. The zero-order chi connectivity index (χ0) is 10.1. The summed E-state index contributed by atoms with van der Waals surface area (Å²) in [4.78, 5) is 10.5. The molecule has 4 heteroatoms. The molecule has 0 aliphatic heterocycles. The summed E-state index contributed by atoms with van der Waals surface area (Å²) in [5, 5.41) is 0.496. The molecule has 2 heterocycles. The van der Waals surface area contributed by atoms with Crippen LogP contribution in [-0.4, -0.2) is 24.1 Å². The molecule has 0 aliphatic rings. The Labute approximate surface area is 87.3 Å². The van der Waals surface area contributed by atoms with Gasteiger partial charge in [0.05, 0.1) is 22.9 Å². The van der Waals surface area contributed by atoms with Gasteiger partial charge in [0.25, 0.3) is 0 Å². The molecule has 2 aromatic heterocycles. The molecule has 72 valence electrons. The Balaban J connectivity index is 2.63. The Morgan fingerprint density at radius 1 is 1.21 bits per heavy atom. The van der Waals surface area contributed by atoms with Crippen molar-refractivity contribution in [3.8, 4) is 0 Å². The topological polar surface area (TPSA) is 29.0 Å². The lowest BCUT2D eigenvalue weighted by molar-refractivity contribution is 1.12. The number of pyridine rings is 2.